The monoisotopic (exact) mass is 1450 g/mol. The van der Waals surface area contributed by atoms with Gasteiger partial charge in [0.05, 0.1) is 49.0 Å². The zero-order valence-corrected chi connectivity index (χ0v) is 54.6. The summed E-state index contributed by atoms with van der Waals surface area (Å²) < 4.78 is 136. The molecule has 88 heavy (non-hydrogen) atoms. The number of nitrogens with zero attached hydrogens (tertiary/aromatic N) is 12. The van der Waals surface area contributed by atoms with Gasteiger partial charge in [-0.05, 0) is 48.5 Å². The molecule has 6 rings (SSSR count). The minimum Gasteiger partial charge on any atom is -0.351 e. The summed E-state index contributed by atoms with van der Waals surface area (Å²) in [5, 5.41) is 34.1. The van der Waals surface area contributed by atoms with Crippen molar-refractivity contribution < 1.29 is 169 Å². The second kappa shape index (κ2) is 57.2. The number of carbonyl (C=O) groups excluding carboxylic acids is 4. The molecule has 0 bridgehead atoms. The molecule has 0 aliphatic heterocycles. The Morgan fingerprint density at radius 3 is 0.591 bits per heavy atom. The summed E-state index contributed by atoms with van der Waals surface area (Å²) in [6.45, 7) is 5.73. The second-order valence-electron chi connectivity index (χ2n) is 15.7. The summed E-state index contributed by atoms with van der Waals surface area (Å²) in [7, 11) is -6.28. The normalized spacial score (nSPS) is 9.91. The van der Waals surface area contributed by atoms with Gasteiger partial charge >= 0.3 is 34.1 Å². The van der Waals surface area contributed by atoms with Crippen molar-refractivity contribution in [1.29, 1.82) is 0 Å². The van der Waals surface area contributed by atoms with Crippen molar-refractivity contribution in [3.63, 3.8) is 0 Å². The predicted octanol–water partition coefficient (Wildman–Crippen LogP) is -16.4. The van der Waals surface area contributed by atoms with Crippen molar-refractivity contribution in [2.75, 3.05) is 56.4 Å². The molecule has 0 radical (unpaired) electrons. The first kappa shape index (κ1) is 94.1. The Labute approximate surface area is 544 Å². The van der Waals surface area contributed by atoms with Crippen LogP contribution in [-0.2, 0) is 106 Å². The molecule has 0 aliphatic rings. The van der Waals surface area contributed by atoms with Crippen molar-refractivity contribution in [3.05, 3.63) is 140 Å². The Balaban J connectivity index is -0.000000237. The number of aromatic nitrogens is 8. The molecule has 0 spiro atoms. The molecule has 0 atom stereocenters. The minimum absolute atomic E-state index is 0. The molecule has 4 amide bonds. The first-order valence-electron chi connectivity index (χ1n) is 22.9. The number of pyridine rings is 4. The number of hydrogen-bond donors (Lipinski definition) is 4. The molecule has 6 heterocycles. The fraction of sp³-hybridized carbons (Fsp3) is 0.364. The van der Waals surface area contributed by atoms with E-state index in [2.05, 4.69) is 61.6 Å². The maximum absolute atomic E-state index is 9.43. The number of hydrogen-bond acceptors (Lipinski definition) is 34. The third kappa shape index (κ3) is 87.4. The number of nitrogens with one attached hydrogen (secondary N) is 4. The van der Waals surface area contributed by atoms with Crippen LogP contribution in [0.2, 0.25) is 0 Å². The van der Waals surface area contributed by atoms with E-state index in [1.165, 1.54) is 19.6 Å². The third-order valence-electron chi connectivity index (χ3n) is 7.09. The van der Waals surface area contributed by atoms with Crippen LogP contribution in [0.25, 0.3) is 0 Å². The van der Waals surface area contributed by atoms with E-state index in [0.29, 0.717) is 26.2 Å². The zero-order valence-electron chi connectivity index (χ0n) is 47.8. The molecule has 6 aromatic heterocycles. The van der Waals surface area contributed by atoms with E-state index in [4.69, 9.17) is 74.5 Å². The van der Waals surface area contributed by atoms with Crippen molar-refractivity contribution in [2.45, 2.75) is 52.4 Å². The number of carbonyl (C=O) groups is 4. The molecule has 36 nitrogen and oxygen atoms in total. The van der Waals surface area contributed by atoms with Crippen LogP contribution in [0.3, 0.4) is 0 Å². The van der Waals surface area contributed by atoms with Gasteiger partial charge in [0.2, 0.25) is 25.6 Å². The fourth-order valence-corrected chi connectivity index (χ4v) is 5.63. The molecule has 492 valence electrons. The molecule has 6 aromatic rings. The first-order chi connectivity index (χ1) is 39.9. The molecule has 44 heteroatoms. The average Bonchev–Trinajstić information content (AvgIpc) is 4.31. The molecular weight excluding hydrogens is 1390 g/mol. The van der Waals surface area contributed by atoms with Crippen molar-refractivity contribution in [3.8, 4) is 0 Å². The summed E-state index contributed by atoms with van der Waals surface area (Å²) in [4.78, 5) is 60.6. The molecule has 4 N–H and O–H groups in total. The number of rotatable bonds is 20. The summed E-state index contributed by atoms with van der Waals surface area (Å²) in [6.07, 6.45) is 10.2. The quantitative estimate of drug-likeness (QED) is 0.0407. The Morgan fingerprint density at radius 1 is 0.330 bits per heavy atom. The van der Waals surface area contributed by atoms with Crippen LogP contribution in [0, 0.1) is 41.0 Å². The summed E-state index contributed by atoms with van der Waals surface area (Å²) in [5.74, 6) is 0. The van der Waals surface area contributed by atoms with Gasteiger partial charge in [0.15, 0.2) is 0 Å². The van der Waals surface area contributed by atoms with Gasteiger partial charge in [-0.1, -0.05) is 46.9 Å². The fourth-order valence-electron chi connectivity index (χ4n) is 4.06. The molecule has 0 saturated carbocycles. The van der Waals surface area contributed by atoms with Gasteiger partial charge in [-0.15, -0.1) is 61.4 Å². The summed E-state index contributed by atoms with van der Waals surface area (Å²) >= 11 is 3.23. The standard InChI is InChI=1S/2C16H18N6S.4C3H7NO.4ClHO4.2Fe/c2*1-3-7-19-13(5-1)9-17-11-15-21-22-16(23-15)12-18-10-14-6-2-4-8-20-14;4*1-4(2)3-5;4*2-1(3,4)5;;/h2*1-8,17-18H,9-12H2;4*3H,1-2H3;4*(H,2,3,4,5);;/q;;;;;;;;;;2*+4/p-4. The Hall–Kier alpha value is -5.00. The Morgan fingerprint density at radius 2 is 0.477 bits per heavy atom. The van der Waals surface area contributed by atoms with Crippen LogP contribution in [0.5, 0.6) is 0 Å². The summed E-state index contributed by atoms with van der Waals surface area (Å²) in [6, 6.07) is 23.6. The molecule has 0 saturated heterocycles. The van der Waals surface area contributed by atoms with Crippen molar-refractivity contribution in [2.24, 2.45) is 0 Å². The first-order valence-corrected chi connectivity index (χ1v) is 29.4. The van der Waals surface area contributed by atoms with Gasteiger partial charge in [-0.25, -0.2) is 74.5 Å². The molecule has 0 aromatic carbocycles. The van der Waals surface area contributed by atoms with Gasteiger partial charge in [0.1, 0.15) is 20.0 Å². The van der Waals surface area contributed by atoms with Crippen molar-refractivity contribution in [1.82, 2.24) is 81.2 Å². The van der Waals surface area contributed by atoms with Gasteiger partial charge in [-0.3, -0.25) is 39.1 Å². The van der Waals surface area contributed by atoms with E-state index >= 15 is 0 Å². The predicted molar refractivity (Wildman–Crippen MR) is 258 cm³/mol. The zero-order chi connectivity index (χ0) is 66.6. The van der Waals surface area contributed by atoms with Gasteiger partial charge in [0.25, 0.3) is 0 Å². The van der Waals surface area contributed by atoms with Crippen LogP contribution in [0.1, 0.15) is 42.8 Å². The summed E-state index contributed by atoms with van der Waals surface area (Å²) in [5.41, 5.74) is 4.09. The topological polar surface area (TPSA) is 601 Å². The van der Waals surface area contributed by atoms with E-state index < -0.39 is 41.0 Å². The van der Waals surface area contributed by atoms with Crippen LogP contribution < -0.4 is 95.8 Å². The van der Waals surface area contributed by atoms with Crippen molar-refractivity contribution >= 4 is 48.3 Å². The largest absolute Gasteiger partial charge is 4.00 e. The molecule has 0 fully saturated rings. The molecular formula is C44H64Cl4Fe2N16O20S2+4. The average molecular weight is 1450 g/mol. The van der Waals surface area contributed by atoms with Gasteiger partial charge in [-0.2, -0.15) is 0 Å². The maximum atomic E-state index is 9.43. The second-order valence-corrected chi connectivity index (χ2v) is 21.0. The number of amides is 4. The van der Waals surface area contributed by atoms with Crippen LogP contribution in [0.4, 0.5) is 0 Å². The third-order valence-corrected chi connectivity index (χ3v) is 8.94. The van der Waals surface area contributed by atoms with E-state index in [9.17, 15) is 19.2 Å². The smallest absolute Gasteiger partial charge is 0.351 e. The maximum Gasteiger partial charge on any atom is 4.00 e. The van der Waals surface area contributed by atoms with Crippen LogP contribution in [0.15, 0.2) is 97.6 Å². The van der Waals surface area contributed by atoms with E-state index in [0.717, 1.165) is 94.6 Å². The van der Waals surface area contributed by atoms with Gasteiger partial charge < -0.3 is 40.9 Å². The van der Waals surface area contributed by atoms with Gasteiger partial charge in [0, 0.05) is 107 Å². The van der Waals surface area contributed by atoms with Crippen LogP contribution in [-0.4, -0.2) is 142 Å². The minimum atomic E-state index is -4.94. The Bertz CT molecular complexity index is 2180. The molecule has 0 aliphatic carbocycles. The Kier molecular flexibility index (Phi) is 61.2. The van der Waals surface area contributed by atoms with E-state index in [1.807, 2.05) is 72.8 Å². The van der Waals surface area contributed by atoms with E-state index in [1.54, 1.807) is 104 Å². The van der Waals surface area contributed by atoms with Crippen LogP contribution >= 0.6 is 22.7 Å². The van der Waals surface area contributed by atoms with E-state index in [-0.39, 0.29) is 34.1 Å². The SMILES string of the molecule is CN(C)C=O.CN(C)C=O.CN(C)C=O.CN(C)C=O.[Fe+4].[Fe+4].[O-][Cl+3]([O-])([O-])[O-].[O-][Cl+3]([O-])([O-])[O-].[O-][Cl+3]([O-])([O-])[O-].[O-][Cl+3]([O-])([O-])[O-].c1ccc(CNCc2nnc(CNCc3ccccn3)s2)nc1.c1ccc(CNCc2nnc(CNCc3ccccn3)s2)nc1. The molecule has 0 unspecified atom stereocenters. The number of halogens is 4.